The van der Waals surface area contributed by atoms with E-state index in [1.54, 1.807) is 6.07 Å². The lowest BCUT2D eigenvalue weighted by Gasteiger charge is -2.12. The molecule has 0 saturated heterocycles. The van der Waals surface area contributed by atoms with E-state index in [0.717, 1.165) is 0 Å². The summed E-state index contributed by atoms with van der Waals surface area (Å²) in [5.41, 5.74) is 5.59. The van der Waals surface area contributed by atoms with E-state index in [1.165, 1.54) is 25.7 Å². The van der Waals surface area contributed by atoms with E-state index in [9.17, 15) is 0 Å². The first-order chi connectivity index (χ1) is 7.66. The lowest BCUT2D eigenvalue weighted by molar-refractivity contribution is 0.244. The molecule has 1 heterocycles. The SMILES string of the molecule is Nc1nc(OCC2CCCC2)c(Cl)cc1Cl. The molecule has 2 N–H and O–H groups in total. The summed E-state index contributed by atoms with van der Waals surface area (Å²) in [6.45, 7) is 0.661. The predicted octanol–water partition coefficient (Wildman–Crippen LogP) is 3.54. The summed E-state index contributed by atoms with van der Waals surface area (Å²) in [5, 5.41) is 0.774. The first-order valence-electron chi connectivity index (χ1n) is 5.41. The molecule has 3 nitrogen and oxygen atoms in total. The fourth-order valence-electron chi connectivity index (χ4n) is 1.94. The smallest absolute Gasteiger partial charge is 0.234 e. The summed E-state index contributed by atoms with van der Waals surface area (Å²) in [7, 11) is 0. The molecular weight excluding hydrogens is 247 g/mol. The van der Waals surface area contributed by atoms with Gasteiger partial charge in [-0.1, -0.05) is 36.0 Å². The Labute approximate surface area is 105 Å². The molecule has 1 aliphatic rings. The molecule has 0 bridgehead atoms. The Morgan fingerprint density at radius 3 is 2.69 bits per heavy atom. The molecule has 2 rings (SSSR count). The van der Waals surface area contributed by atoms with Gasteiger partial charge in [-0.15, -0.1) is 0 Å². The van der Waals surface area contributed by atoms with Crippen LogP contribution in [0.2, 0.25) is 10.0 Å². The molecule has 5 heteroatoms. The van der Waals surface area contributed by atoms with Crippen molar-refractivity contribution in [1.29, 1.82) is 0 Å². The van der Waals surface area contributed by atoms with Crippen molar-refractivity contribution in [3.63, 3.8) is 0 Å². The molecule has 0 atom stereocenters. The Kier molecular flexibility index (Phi) is 3.77. The molecule has 0 spiro atoms. The highest BCUT2D eigenvalue weighted by Crippen LogP contribution is 2.31. The first kappa shape index (κ1) is 11.8. The number of pyridine rings is 1. The maximum atomic E-state index is 5.96. The highest BCUT2D eigenvalue weighted by molar-refractivity contribution is 6.36. The molecule has 0 aliphatic heterocycles. The monoisotopic (exact) mass is 260 g/mol. The minimum atomic E-state index is 0.257. The van der Waals surface area contributed by atoms with Crippen molar-refractivity contribution in [3.05, 3.63) is 16.1 Å². The molecule has 16 heavy (non-hydrogen) atoms. The normalized spacial score (nSPS) is 16.6. The first-order valence-corrected chi connectivity index (χ1v) is 6.16. The molecule has 0 aromatic carbocycles. The number of halogens is 2. The summed E-state index contributed by atoms with van der Waals surface area (Å²) < 4.78 is 5.57. The Balaban J connectivity index is 2.00. The summed E-state index contributed by atoms with van der Waals surface area (Å²) in [6.07, 6.45) is 5.03. The van der Waals surface area contributed by atoms with E-state index in [0.29, 0.717) is 28.5 Å². The van der Waals surface area contributed by atoms with Gasteiger partial charge in [-0.2, -0.15) is 4.98 Å². The van der Waals surface area contributed by atoms with E-state index in [2.05, 4.69) is 4.98 Å². The van der Waals surface area contributed by atoms with Crippen LogP contribution in [0.1, 0.15) is 25.7 Å². The lowest BCUT2D eigenvalue weighted by atomic mass is 10.1. The van der Waals surface area contributed by atoms with Crippen molar-refractivity contribution in [3.8, 4) is 5.88 Å². The second kappa shape index (κ2) is 5.11. The summed E-state index contributed by atoms with van der Waals surface area (Å²) in [5.74, 6) is 1.26. The van der Waals surface area contributed by atoms with Crippen LogP contribution >= 0.6 is 23.2 Å². The van der Waals surface area contributed by atoms with Crippen LogP contribution in [-0.4, -0.2) is 11.6 Å². The molecule has 0 radical (unpaired) electrons. The fourth-order valence-corrected chi connectivity index (χ4v) is 2.35. The maximum absolute atomic E-state index is 5.96. The van der Waals surface area contributed by atoms with Gasteiger partial charge in [0.2, 0.25) is 5.88 Å². The molecule has 1 aromatic heterocycles. The Hall–Kier alpha value is -0.670. The molecule has 1 saturated carbocycles. The van der Waals surface area contributed by atoms with Crippen LogP contribution in [0, 0.1) is 5.92 Å². The van der Waals surface area contributed by atoms with Crippen molar-refractivity contribution < 1.29 is 4.74 Å². The second-order valence-corrected chi connectivity index (χ2v) is 4.92. The van der Waals surface area contributed by atoms with Crippen LogP contribution in [0.25, 0.3) is 0 Å². The zero-order valence-corrected chi connectivity index (χ0v) is 10.4. The number of anilines is 1. The third-order valence-corrected chi connectivity index (χ3v) is 3.43. The minimum Gasteiger partial charge on any atom is -0.476 e. The van der Waals surface area contributed by atoms with Gasteiger partial charge in [0.15, 0.2) is 0 Å². The zero-order valence-electron chi connectivity index (χ0n) is 8.88. The van der Waals surface area contributed by atoms with E-state index in [1.807, 2.05) is 0 Å². The number of ether oxygens (including phenoxy) is 1. The number of nitrogen functional groups attached to an aromatic ring is 1. The number of hydrogen-bond acceptors (Lipinski definition) is 3. The highest BCUT2D eigenvalue weighted by Gasteiger charge is 2.17. The van der Waals surface area contributed by atoms with Crippen LogP contribution in [0.5, 0.6) is 5.88 Å². The molecule has 88 valence electrons. The van der Waals surface area contributed by atoms with Crippen LogP contribution < -0.4 is 10.5 Å². The van der Waals surface area contributed by atoms with Gasteiger partial charge in [0.25, 0.3) is 0 Å². The third kappa shape index (κ3) is 2.71. The summed E-state index contributed by atoms with van der Waals surface area (Å²) in [6, 6.07) is 1.56. The van der Waals surface area contributed by atoms with Gasteiger partial charge in [-0.25, -0.2) is 0 Å². The standard InChI is InChI=1S/C11H14Cl2N2O/c12-8-5-9(13)11(15-10(8)14)16-6-7-3-1-2-4-7/h5,7H,1-4,6H2,(H2,14,15). The van der Waals surface area contributed by atoms with Gasteiger partial charge in [0.05, 0.1) is 11.6 Å². The highest BCUT2D eigenvalue weighted by atomic mass is 35.5. The molecule has 0 unspecified atom stereocenters. The van der Waals surface area contributed by atoms with Gasteiger partial charge in [-0.05, 0) is 24.8 Å². The lowest BCUT2D eigenvalue weighted by Crippen LogP contribution is -2.09. The van der Waals surface area contributed by atoms with E-state index in [-0.39, 0.29) is 5.82 Å². The van der Waals surface area contributed by atoms with Crippen molar-refractivity contribution in [1.82, 2.24) is 4.98 Å². The summed E-state index contributed by atoms with van der Waals surface area (Å²) in [4.78, 5) is 4.02. The fraction of sp³-hybridized carbons (Fsp3) is 0.545. The van der Waals surface area contributed by atoms with Gasteiger partial charge in [-0.3, -0.25) is 0 Å². The van der Waals surface area contributed by atoms with E-state index >= 15 is 0 Å². The van der Waals surface area contributed by atoms with Crippen LogP contribution in [0.3, 0.4) is 0 Å². The van der Waals surface area contributed by atoms with Crippen LogP contribution in [0.15, 0.2) is 6.07 Å². The number of nitrogens with two attached hydrogens (primary N) is 1. The quantitative estimate of drug-likeness (QED) is 0.905. The molecular formula is C11H14Cl2N2O. The Morgan fingerprint density at radius 1 is 1.31 bits per heavy atom. The average molecular weight is 261 g/mol. The predicted molar refractivity (Wildman–Crippen MR) is 66.1 cm³/mol. The van der Waals surface area contributed by atoms with Crippen molar-refractivity contribution in [2.75, 3.05) is 12.3 Å². The van der Waals surface area contributed by atoms with Gasteiger partial charge >= 0.3 is 0 Å². The number of rotatable bonds is 3. The number of aromatic nitrogens is 1. The van der Waals surface area contributed by atoms with E-state index < -0.39 is 0 Å². The van der Waals surface area contributed by atoms with Gasteiger partial charge < -0.3 is 10.5 Å². The van der Waals surface area contributed by atoms with E-state index in [4.69, 9.17) is 33.7 Å². The molecule has 1 fully saturated rings. The Morgan fingerprint density at radius 2 is 2.00 bits per heavy atom. The van der Waals surface area contributed by atoms with Gasteiger partial charge in [0.1, 0.15) is 10.8 Å². The third-order valence-electron chi connectivity index (χ3n) is 2.85. The molecule has 0 amide bonds. The maximum Gasteiger partial charge on any atom is 0.234 e. The summed E-state index contributed by atoms with van der Waals surface area (Å²) >= 11 is 11.7. The minimum absolute atomic E-state index is 0.257. The number of hydrogen-bond donors (Lipinski definition) is 1. The average Bonchev–Trinajstić information content (AvgIpc) is 2.74. The largest absolute Gasteiger partial charge is 0.476 e. The van der Waals surface area contributed by atoms with Crippen molar-refractivity contribution >= 4 is 29.0 Å². The second-order valence-electron chi connectivity index (χ2n) is 4.10. The van der Waals surface area contributed by atoms with Crippen molar-refractivity contribution in [2.45, 2.75) is 25.7 Å². The van der Waals surface area contributed by atoms with Crippen molar-refractivity contribution in [2.24, 2.45) is 5.92 Å². The van der Waals surface area contributed by atoms with Crippen LogP contribution in [0.4, 0.5) is 5.82 Å². The van der Waals surface area contributed by atoms with Crippen LogP contribution in [-0.2, 0) is 0 Å². The molecule has 1 aromatic rings. The van der Waals surface area contributed by atoms with Gasteiger partial charge in [0, 0.05) is 0 Å². The topological polar surface area (TPSA) is 48.1 Å². The number of nitrogens with zero attached hydrogens (tertiary/aromatic N) is 1. The zero-order chi connectivity index (χ0) is 11.5. The Bertz CT molecular complexity index is 378. The molecule has 1 aliphatic carbocycles.